The molecule has 0 unspecified atom stereocenters. The van der Waals surface area contributed by atoms with E-state index in [4.69, 9.17) is 4.74 Å². The first-order valence-corrected chi connectivity index (χ1v) is 14.8. The molecule has 0 bridgehead atoms. The number of aromatic nitrogens is 1. The molecule has 2 aliphatic rings. The molecule has 1 saturated carbocycles. The van der Waals surface area contributed by atoms with Crippen molar-refractivity contribution in [2.75, 3.05) is 25.0 Å². The highest BCUT2D eigenvalue weighted by atomic mass is 16.6. The average Bonchev–Trinajstić information content (AvgIpc) is 3.46. The van der Waals surface area contributed by atoms with E-state index < -0.39 is 5.60 Å². The van der Waals surface area contributed by atoms with Gasteiger partial charge in [0.1, 0.15) is 5.60 Å². The van der Waals surface area contributed by atoms with Gasteiger partial charge in [0.15, 0.2) is 0 Å². The van der Waals surface area contributed by atoms with Crippen molar-refractivity contribution in [2.24, 2.45) is 7.05 Å². The maximum atomic E-state index is 13.7. The van der Waals surface area contributed by atoms with Crippen molar-refractivity contribution < 1.29 is 14.3 Å². The van der Waals surface area contributed by atoms with Gasteiger partial charge in [-0.2, -0.15) is 0 Å². The number of aryl methyl sites for hydroxylation is 2. The molecule has 1 fully saturated rings. The van der Waals surface area contributed by atoms with Gasteiger partial charge in [-0.25, -0.2) is 4.79 Å². The SMILES string of the molecule is Cc1cc(C)n(C)c(=O)c1CNC(=O)c1cc(C2=CCN(C(=O)OC(C)(C)C)CC2)cc(N(C)C2CCCC2)c1C. The number of ether oxygens (including phenoxy) is 1. The summed E-state index contributed by atoms with van der Waals surface area (Å²) >= 11 is 0. The third-order valence-corrected chi connectivity index (χ3v) is 8.53. The molecule has 4 rings (SSSR count). The molecular formula is C33H46N4O4. The number of rotatable bonds is 6. The molecule has 1 aliphatic carbocycles. The first kappa shape index (κ1) is 30.4. The molecule has 0 radical (unpaired) electrons. The van der Waals surface area contributed by atoms with Crippen LogP contribution in [0, 0.1) is 20.8 Å². The second-order valence-corrected chi connectivity index (χ2v) is 12.6. The smallest absolute Gasteiger partial charge is 0.410 e. The second-order valence-electron chi connectivity index (χ2n) is 12.6. The number of carbonyl (C=O) groups is 2. The van der Waals surface area contributed by atoms with Crippen LogP contribution in [0.5, 0.6) is 0 Å². The largest absolute Gasteiger partial charge is 0.444 e. The Hall–Kier alpha value is -3.55. The zero-order chi connectivity index (χ0) is 30.1. The summed E-state index contributed by atoms with van der Waals surface area (Å²) in [7, 11) is 3.88. The molecule has 41 heavy (non-hydrogen) atoms. The summed E-state index contributed by atoms with van der Waals surface area (Å²) in [6, 6.07) is 6.57. The zero-order valence-corrected chi connectivity index (χ0v) is 26.0. The van der Waals surface area contributed by atoms with Gasteiger partial charge in [0.2, 0.25) is 0 Å². The minimum Gasteiger partial charge on any atom is -0.444 e. The van der Waals surface area contributed by atoms with Crippen LogP contribution in [-0.4, -0.2) is 53.2 Å². The highest BCUT2D eigenvalue weighted by molar-refractivity contribution is 5.98. The maximum absolute atomic E-state index is 13.7. The fraction of sp³-hybridized carbons (Fsp3) is 0.545. The van der Waals surface area contributed by atoms with Crippen molar-refractivity contribution in [1.82, 2.24) is 14.8 Å². The van der Waals surface area contributed by atoms with Crippen molar-refractivity contribution in [3.63, 3.8) is 0 Å². The number of pyridine rings is 1. The van der Waals surface area contributed by atoms with Crippen molar-refractivity contribution >= 4 is 23.3 Å². The molecule has 2 amide bonds. The van der Waals surface area contributed by atoms with E-state index in [-0.39, 0.29) is 24.1 Å². The van der Waals surface area contributed by atoms with Crippen LogP contribution >= 0.6 is 0 Å². The Morgan fingerprint density at radius 2 is 1.78 bits per heavy atom. The second kappa shape index (κ2) is 12.1. The molecular weight excluding hydrogens is 516 g/mol. The van der Waals surface area contributed by atoms with E-state index in [1.54, 1.807) is 16.5 Å². The normalized spacial score (nSPS) is 16.0. The van der Waals surface area contributed by atoms with Crippen LogP contribution in [0.3, 0.4) is 0 Å². The number of carbonyl (C=O) groups excluding carboxylic acids is 2. The van der Waals surface area contributed by atoms with E-state index in [0.717, 1.165) is 46.5 Å². The molecule has 2 heterocycles. The molecule has 0 atom stereocenters. The quantitative estimate of drug-likeness (QED) is 0.492. The lowest BCUT2D eigenvalue weighted by atomic mass is 9.93. The van der Waals surface area contributed by atoms with Gasteiger partial charge in [0.05, 0.1) is 0 Å². The third-order valence-electron chi connectivity index (χ3n) is 8.53. The Morgan fingerprint density at radius 3 is 2.39 bits per heavy atom. The first-order chi connectivity index (χ1) is 19.3. The van der Waals surface area contributed by atoms with Crippen LogP contribution in [0.25, 0.3) is 5.57 Å². The number of benzene rings is 1. The Kier molecular flexibility index (Phi) is 9.00. The van der Waals surface area contributed by atoms with E-state index in [1.165, 1.54) is 12.8 Å². The van der Waals surface area contributed by atoms with Gasteiger partial charge < -0.3 is 24.4 Å². The van der Waals surface area contributed by atoms with Gasteiger partial charge in [0.25, 0.3) is 11.5 Å². The van der Waals surface area contributed by atoms with Gasteiger partial charge in [-0.1, -0.05) is 18.9 Å². The minimum atomic E-state index is -0.540. The summed E-state index contributed by atoms with van der Waals surface area (Å²) in [5.41, 5.74) is 6.43. The number of nitrogens with one attached hydrogen (secondary N) is 1. The van der Waals surface area contributed by atoms with E-state index in [0.29, 0.717) is 36.7 Å². The van der Waals surface area contributed by atoms with E-state index in [9.17, 15) is 14.4 Å². The van der Waals surface area contributed by atoms with Crippen molar-refractivity contribution in [3.8, 4) is 0 Å². The Labute approximate surface area is 244 Å². The summed E-state index contributed by atoms with van der Waals surface area (Å²) in [6.45, 7) is 12.6. The Morgan fingerprint density at radius 1 is 1.10 bits per heavy atom. The molecule has 222 valence electrons. The lowest BCUT2D eigenvalue weighted by Gasteiger charge is -2.31. The zero-order valence-electron chi connectivity index (χ0n) is 26.0. The standard InChI is InChI=1S/C33H46N4O4/c1-21-17-22(2)35(7)31(39)28(21)20-34-30(38)27-18-25(19-29(23(27)3)36(8)26-11-9-10-12-26)24-13-15-37(16-14-24)32(40)41-33(4,5)6/h13,17-19,26H,9-12,14-16,20H2,1-8H3,(H,34,38). The number of anilines is 1. The molecule has 0 saturated heterocycles. The van der Waals surface area contributed by atoms with E-state index >= 15 is 0 Å². The first-order valence-electron chi connectivity index (χ1n) is 14.8. The predicted octanol–water partition coefficient (Wildman–Crippen LogP) is 5.64. The van der Waals surface area contributed by atoms with E-state index in [1.807, 2.05) is 53.7 Å². The van der Waals surface area contributed by atoms with Crippen LogP contribution in [0.2, 0.25) is 0 Å². The lowest BCUT2D eigenvalue weighted by molar-refractivity contribution is 0.0270. The summed E-state index contributed by atoms with van der Waals surface area (Å²) in [4.78, 5) is 43.2. The van der Waals surface area contributed by atoms with Gasteiger partial charge in [-0.05, 0) is 101 Å². The highest BCUT2D eigenvalue weighted by Crippen LogP contribution is 2.35. The summed E-state index contributed by atoms with van der Waals surface area (Å²) in [5.74, 6) is -0.195. The lowest BCUT2D eigenvalue weighted by Crippen LogP contribution is -2.39. The van der Waals surface area contributed by atoms with Crippen molar-refractivity contribution in [2.45, 2.75) is 91.8 Å². The van der Waals surface area contributed by atoms with Gasteiger partial charge in [-0.15, -0.1) is 0 Å². The van der Waals surface area contributed by atoms with Gasteiger partial charge in [-0.3, -0.25) is 9.59 Å². The van der Waals surface area contributed by atoms with Crippen LogP contribution in [0.4, 0.5) is 10.5 Å². The van der Waals surface area contributed by atoms with E-state index in [2.05, 4.69) is 29.4 Å². The molecule has 2 aromatic rings. The van der Waals surface area contributed by atoms with Crippen molar-refractivity contribution in [1.29, 1.82) is 0 Å². The maximum Gasteiger partial charge on any atom is 0.410 e. The van der Waals surface area contributed by atoms with Gasteiger partial charge in [0, 0.05) is 62.3 Å². The molecule has 1 aliphatic heterocycles. The summed E-state index contributed by atoms with van der Waals surface area (Å²) in [5, 5.41) is 3.03. The minimum absolute atomic E-state index is 0.0863. The van der Waals surface area contributed by atoms with Crippen molar-refractivity contribution in [3.05, 3.63) is 68.1 Å². The van der Waals surface area contributed by atoms with Crippen LogP contribution in [0.15, 0.2) is 29.1 Å². The molecule has 1 aromatic heterocycles. The number of hydrogen-bond acceptors (Lipinski definition) is 5. The van der Waals surface area contributed by atoms with Gasteiger partial charge >= 0.3 is 6.09 Å². The molecule has 1 aromatic carbocycles. The number of hydrogen-bond donors (Lipinski definition) is 1. The molecule has 1 N–H and O–H groups in total. The van der Waals surface area contributed by atoms with Crippen LogP contribution < -0.4 is 15.8 Å². The van der Waals surface area contributed by atoms with Crippen LogP contribution in [-0.2, 0) is 18.3 Å². The molecule has 0 spiro atoms. The fourth-order valence-corrected chi connectivity index (χ4v) is 5.91. The Balaban J connectivity index is 1.64. The number of nitrogens with zero attached hydrogens (tertiary/aromatic N) is 3. The summed E-state index contributed by atoms with van der Waals surface area (Å²) < 4.78 is 7.18. The molecule has 8 heteroatoms. The monoisotopic (exact) mass is 562 g/mol. The third kappa shape index (κ3) is 6.85. The summed E-state index contributed by atoms with van der Waals surface area (Å²) in [6.07, 6.45) is 7.16. The fourth-order valence-electron chi connectivity index (χ4n) is 5.91. The van der Waals surface area contributed by atoms with Crippen LogP contribution in [0.1, 0.15) is 91.2 Å². The molecule has 8 nitrogen and oxygen atoms in total. The topological polar surface area (TPSA) is 83.9 Å². The Bertz CT molecular complexity index is 1410. The predicted molar refractivity (Wildman–Crippen MR) is 165 cm³/mol. The number of amides is 2. The average molecular weight is 563 g/mol. The highest BCUT2D eigenvalue weighted by Gasteiger charge is 2.27.